The van der Waals surface area contributed by atoms with Crippen molar-refractivity contribution < 1.29 is 23.9 Å². The lowest BCUT2D eigenvalue weighted by Gasteiger charge is -2.48. The van der Waals surface area contributed by atoms with Gasteiger partial charge in [0, 0.05) is 31.5 Å². The first-order valence-electron chi connectivity index (χ1n) is 11.3. The molecule has 0 bridgehead atoms. The number of para-hydroxylation sites is 1. The number of ether oxygens (including phenoxy) is 1. The van der Waals surface area contributed by atoms with Gasteiger partial charge in [0.2, 0.25) is 17.7 Å². The number of amides is 4. The van der Waals surface area contributed by atoms with Crippen molar-refractivity contribution in [1.29, 1.82) is 0 Å². The molecule has 1 unspecified atom stereocenters. The number of carbonyl (C=O) groups excluding carboxylic acids is 4. The molecular weight excluding hydrogens is 472 g/mol. The number of nitrogens with zero attached hydrogens (tertiary/aromatic N) is 3. The van der Waals surface area contributed by atoms with E-state index in [-0.39, 0.29) is 37.2 Å². The van der Waals surface area contributed by atoms with Crippen LogP contribution in [0.4, 0.5) is 11.4 Å². The molecule has 0 saturated carbocycles. The van der Waals surface area contributed by atoms with Crippen molar-refractivity contribution in [2.24, 2.45) is 0 Å². The first-order valence-corrected chi connectivity index (χ1v) is 11.6. The van der Waals surface area contributed by atoms with E-state index in [0.717, 1.165) is 0 Å². The second kappa shape index (κ2) is 9.58. The summed E-state index contributed by atoms with van der Waals surface area (Å²) in [5, 5.41) is 3.14. The zero-order valence-electron chi connectivity index (χ0n) is 19.8. The second-order valence-corrected chi connectivity index (χ2v) is 9.25. The molecule has 4 amide bonds. The quantitative estimate of drug-likeness (QED) is 0.632. The molecule has 0 aliphatic carbocycles. The van der Waals surface area contributed by atoms with Gasteiger partial charge < -0.3 is 19.9 Å². The van der Waals surface area contributed by atoms with Crippen LogP contribution in [0.1, 0.15) is 36.5 Å². The van der Waals surface area contributed by atoms with Crippen molar-refractivity contribution in [3.63, 3.8) is 0 Å². The number of fused-ring (bicyclic) bond motifs is 3. The molecular formula is C25H27ClN4O5. The first-order chi connectivity index (χ1) is 16.7. The van der Waals surface area contributed by atoms with Gasteiger partial charge in [-0.3, -0.25) is 24.1 Å². The van der Waals surface area contributed by atoms with Gasteiger partial charge in [0.15, 0.2) is 0 Å². The Morgan fingerprint density at radius 1 is 1.20 bits per heavy atom. The van der Waals surface area contributed by atoms with Crippen LogP contribution in [0.2, 0.25) is 5.02 Å². The van der Waals surface area contributed by atoms with Crippen molar-refractivity contribution in [3.05, 3.63) is 53.1 Å². The molecule has 0 radical (unpaired) electrons. The normalized spacial score (nSPS) is 18.7. The molecule has 2 aromatic carbocycles. The molecule has 0 aromatic heterocycles. The van der Waals surface area contributed by atoms with Crippen LogP contribution in [-0.4, -0.2) is 66.3 Å². The van der Waals surface area contributed by atoms with Crippen LogP contribution < -0.4 is 15.0 Å². The van der Waals surface area contributed by atoms with E-state index in [9.17, 15) is 19.2 Å². The van der Waals surface area contributed by atoms with Gasteiger partial charge in [-0.1, -0.05) is 23.7 Å². The van der Waals surface area contributed by atoms with E-state index in [1.54, 1.807) is 52.3 Å². The largest absolute Gasteiger partial charge is 0.495 e. The molecule has 1 saturated heterocycles. The van der Waals surface area contributed by atoms with E-state index in [1.165, 1.54) is 19.1 Å². The lowest BCUT2D eigenvalue weighted by molar-refractivity contribution is -0.133. The van der Waals surface area contributed by atoms with Crippen molar-refractivity contribution in [2.75, 3.05) is 37.5 Å². The number of carbonyl (C=O) groups is 4. The molecule has 184 valence electrons. The number of methoxy groups -OCH3 is 1. The van der Waals surface area contributed by atoms with Crippen LogP contribution in [0.5, 0.6) is 5.75 Å². The molecule has 1 fully saturated rings. The van der Waals surface area contributed by atoms with Crippen LogP contribution in [-0.2, 0) is 14.4 Å². The standard InChI is InChI=1S/C25H27ClN4O5/c1-25-12-10-23(33)30(25)19-7-5-4-6-17(19)24(34)29(25)13-11-22(32)28(2)15-21(31)27-18-14-16(26)8-9-20(18)35-3/h4-9,14H,10-13,15H2,1-3H3,(H,27,31). The summed E-state index contributed by atoms with van der Waals surface area (Å²) in [5.74, 6) is -0.526. The lowest BCUT2D eigenvalue weighted by atomic mass is 9.98. The summed E-state index contributed by atoms with van der Waals surface area (Å²) in [6.07, 6.45) is 0.825. The average molecular weight is 499 g/mol. The smallest absolute Gasteiger partial charge is 0.257 e. The highest BCUT2D eigenvalue weighted by Gasteiger charge is 2.52. The highest BCUT2D eigenvalue weighted by atomic mass is 35.5. The molecule has 9 nitrogen and oxygen atoms in total. The summed E-state index contributed by atoms with van der Waals surface area (Å²) in [5.41, 5.74) is 0.621. The Balaban J connectivity index is 1.42. The predicted octanol–water partition coefficient (Wildman–Crippen LogP) is 3.13. The van der Waals surface area contributed by atoms with Gasteiger partial charge in [-0.05, 0) is 43.7 Å². The number of halogens is 1. The Morgan fingerprint density at radius 2 is 1.94 bits per heavy atom. The third kappa shape index (κ3) is 4.55. The monoisotopic (exact) mass is 498 g/mol. The van der Waals surface area contributed by atoms with Gasteiger partial charge in [-0.2, -0.15) is 0 Å². The number of anilines is 2. The molecule has 2 aromatic rings. The minimum atomic E-state index is -0.831. The lowest BCUT2D eigenvalue weighted by Crippen LogP contribution is -2.62. The summed E-state index contributed by atoms with van der Waals surface area (Å²) in [6, 6.07) is 11.9. The van der Waals surface area contributed by atoms with E-state index in [1.807, 2.05) is 6.92 Å². The summed E-state index contributed by atoms with van der Waals surface area (Å²) < 4.78 is 5.23. The van der Waals surface area contributed by atoms with Gasteiger partial charge in [0.25, 0.3) is 5.91 Å². The van der Waals surface area contributed by atoms with Crippen molar-refractivity contribution in [3.8, 4) is 5.75 Å². The number of hydrogen-bond acceptors (Lipinski definition) is 5. The molecule has 0 spiro atoms. The first kappa shape index (κ1) is 24.5. The van der Waals surface area contributed by atoms with E-state index in [0.29, 0.717) is 40.6 Å². The fourth-order valence-corrected chi connectivity index (χ4v) is 4.88. The van der Waals surface area contributed by atoms with Crippen LogP contribution in [0.3, 0.4) is 0 Å². The highest BCUT2D eigenvalue weighted by Crippen LogP contribution is 2.44. The molecule has 1 N–H and O–H groups in total. The Hall–Kier alpha value is -3.59. The highest BCUT2D eigenvalue weighted by molar-refractivity contribution is 6.31. The Kier molecular flexibility index (Phi) is 6.71. The van der Waals surface area contributed by atoms with E-state index in [2.05, 4.69) is 5.32 Å². The summed E-state index contributed by atoms with van der Waals surface area (Å²) >= 11 is 6.00. The van der Waals surface area contributed by atoms with E-state index in [4.69, 9.17) is 16.3 Å². The molecule has 35 heavy (non-hydrogen) atoms. The van der Waals surface area contributed by atoms with Crippen molar-refractivity contribution in [2.45, 2.75) is 31.8 Å². The summed E-state index contributed by atoms with van der Waals surface area (Å²) in [6.45, 7) is 1.79. The SMILES string of the molecule is COc1ccc(Cl)cc1NC(=O)CN(C)C(=O)CCN1C(=O)c2ccccc2N2C(=O)CCC12C. The maximum Gasteiger partial charge on any atom is 0.257 e. The fraction of sp³-hybridized carbons (Fsp3) is 0.360. The van der Waals surface area contributed by atoms with Gasteiger partial charge in [0.05, 0.1) is 30.6 Å². The maximum absolute atomic E-state index is 13.3. The Morgan fingerprint density at radius 3 is 2.69 bits per heavy atom. The van der Waals surface area contributed by atoms with Crippen LogP contribution in [0.25, 0.3) is 0 Å². The second-order valence-electron chi connectivity index (χ2n) is 8.81. The number of benzene rings is 2. The number of nitrogens with one attached hydrogen (secondary N) is 1. The average Bonchev–Trinajstić information content (AvgIpc) is 3.13. The van der Waals surface area contributed by atoms with Crippen molar-refractivity contribution >= 4 is 46.6 Å². The third-order valence-electron chi connectivity index (χ3n) is 6.54. The predicted molar refractivity (Wildman–Crippen MR) is 131 cm³/mol. The van der Waals surface area contributed by atoms with Crippen LogP contribution >= 0.6 is 11.6 Å². The van der Waals surface area contributed by atoms with Gasteiger partial charge in [0.1, 0.15) is 11.4 Å². The topological polar surface area (TPSA) is 99.3 Å². The molecule has 4 rings (SSSR count). The van der Waals surface area contributed by atoms with Gasteiger partial charge in [-0.15, -0.1) is 0 Å². The van der Waals surface area contributed by atoms with Crippen LogP contribution in [0, 0.1) is 0 Å². The van der Waals surface area contributed by atoms with E-state index >= 15 is 0 Å². The number of rotatable bonds is 7. The van der Waals surface area contributed by atoms with Crippen LogP contribution in [0.15, 0.2) is 42.5 Å². The van der Waals surface area contributed by atoms with Crippen molar-refractivity contribution in [1.82, 2.24) is 9.80 Å². The Labute approximate surface area is 208 Å². The molecule has 2 aliphatic heterocycles. The zero-order valence-corrected chi connectivity index (χ0v) is 20.6. The molecule has 1 atom stereocenters. The number of likely N-dealkylation sites (N-methyl/N-ethyl adjacent to an activating group) is 1. The molecule has 10 heteroatoms. The molecule has 2 heterocycles. The van der Waals surface area contributed by atoms with E-state index < -0.39 is 11.6 Å². The number of hydrogen-bond donors (Lipinski definition) is 1. The fourth-order valence-electron chi connectivity index (χ4n) is 4.71. The van der Waals surface area contributed by atoms with Gasteiger partial charge in [-0.25, -0.2) is 0 Å². The summed E-state index contributed by atoms with van der Waals surface area (Å²) in [7, 11) is 3.01. The van der Waals surface area contributed by atoms with Gasteiger partial charge >= 0.3 is 0 Å². The Bertz CT molecular complexity index is 1200. The minimum Gasteiger partial charge on any atom is -0.495 e. The maximum atomic E-state index is 13.3. The molecule has 2 aliphatic rings. The third-order valence-corrected chi connectivity index (χ3v) is 6.77. The summed E-state index contributed by atoms with van der Waals surface area (Å²) in [4.78, 5) is 55.9. The zero-order chi connectivity index (χ0) is 25.3. The minimum absolute atomic E-state index is 0.00972.